The minimum Gasteiger partial charge on any atom is -0.435 e. The minimum atomic E-state index is -2.87. The summed E-state index contributed by atoms with van der Waals surface area (Å²) in [4.78, 5) is 6.83. The standard InChI is InChI=1S/C23H32F2N4O2.HI/c1-4-26-23(27-15-19(29(2)3)14-17-8-6-5-7-9-17)28-16-21(30)18-10-12-20(13-11-18)31-22(24)25;/h5-13,19,21-22,30H,4,14-16H2,1-3H3,(H2,26,27,28);1H. The third-order valence-corrected chi connectivity index (χ3v) is 4.80. The number of guanidine groups is 1. The molecular weight excluding hydrogens is 529 g/mol. The molecule has 0 fully saturated rings. The van der Waals surface area contributed by atoms with Crippen molar-refractivity contribution in [3.05, 3.63) is 65.7 Å². The minimum absolute atomic E-state index is 0. The summed E-state index contributed by atoms with van der Waals surface area (Å²) in [5, 5.41) is 16.8. The van der Waals surface area contributed by atoms with Crippen LogP contribution in [0.25, 0.3) is 0 Å². The van der Waals surface area contributed by atoms with Gasteiger partial charge in [-0.25, -0.2) is 0 Å². The van der Waals surface area contributed by atoms with Gasteiger partial charge in [-0.3, -0.25) is 4.99 Å². The Labute approximate surface area is 206 Å². The van der Waals surface area contributed by atoms with Gasteiger partial charge in [-0.05, 0) is 50.7 Å². The maximum Gasteiger partial charge on any atom is 0.387 e. The molecule has 0 saturated carbocycles. The number of aliphatic hydroxyl groups excluding tert-OH is 1. The van der Waals surface area contributed by atoms with E-state index in [1.165, 1.54) is 17.7 Å². The molecule has 9 heteroatoms. The molecule has 2 atom stereocenters. The highest BCUT2D eigenvalue weighted by Crippen LogP contribution is 2.19. The molecular formula is C23H33F2IN4O2. The molecule has 6 nitrogen and oxygen atoms in total. The normalized spacial score (nSPS) is 13.4. The van der Waals surface area contributed by atoms with Gasteiger partial charge in [0.25, 0.3) is 0 Å². The Balaban J connectivity index is 0.00000512. The predicted octanol–water partition coefficient (Wildman–Crippen LogP) is 3.67. The Bertz CT molecular complexity index is 792. The van der Waals surface area contributed by atoms with Gasteiger partial charge >= 0.3 is 6.61 Å². The zero-order valence-corrected chi connectivity index (χ0v) is 21.0. The molecule has 3 N–H and O–H groups in total. The summed E-state index contributed by atoms with van der Waals surface area (Å²) in [6.45, 7) is 0.610. The Hall–Kier alpha value is -1.98. The fourth-order valence-corrected chi connectivity index (χ4v) is 3.02. The Morgan fingerprint density at radius 3 is 2.28 bits per heavy atom. The molecule has 178 valence electrons. The maximum atomic E-state index is 12.3. The van der Waals surface area contributed by atoms with Crippen molar-refractivity contribution in [3.63, 3.8) is 0 Å². The second-order valence-electron chi connectivity index (χ2n) is 7.37. The van der Waals surface area contributed by atoms with Crippen LogP contribution in [-0.4, -0.2) is 62.3 Å². The topological polar surface area (TPSA) is 69.1 Å². The number of nitrogens with one attached hydrogen (secondary N) is 2. The van der Waals surface area contributed by atoms with Crippen LogP contribution in [0.1, 0.15) is 24.2 Å². The zero-order valence-electron chi connectivity index (χ0n) is 18.7. The van der Waals surface area contributed by atoms with Crippen LogP contribution in [0.4, 0.5) is 8.78 Å². The molecule has 2 aromatic carbocycles. The number of hydrogen-bond acceptors (Lipinski definition) is 4. The van der Waals surface area contributed by atoms with Crippen LogP contribution in [0.3, 0.4) is 0 Å². The van der Waals surface area contributed by atoms with Gasteiger partial charge in [0.05, 0.1) is 12.6 Å². The van der Waals surface area contributed by atoms with E-state index in [0.717, 1.165) is 6.42 Å². The van der Waals surface area contributed by atoms with Crippen LogP contribution in [0.2, 0.25) is 0 Å². The highest BCUT2D eigenvalue weighted by Gasteiger charge is 2.14. The van der Waals surface area contributed by atoms with Gasteiger partial charge in [-0.15, -0.1) is 24.0 Å². The lowest BCUT2D eigenvalue weighted by Gasteiger charge is -2.23. The van der Waals surface area contributed by atoms with Crippen molar-refractivity contribution in [1.29, 1.82) is 0 Å². The highest BCUT2D eigenvalue weighted by molar-refractivity contribution is 14.0. The number of halogens is 3. The van der Waals surface area contributed by atoms with Crippen LogP contribution in [-0.2, 0) is 6.42 Å². The van der Waals surface area contributed by atoms with Crippen LogP contribution < -0.4 is 15.4 Å². The molecule has 0 radical (unpaired) electrons. The smallest absolute Gasteiger partial charge is 0.387 e. The third-order valence-electron chi connectivity index (χ3n) is 4.80. The monoisotopic (exact) mass is 562 g/mol. The van der Waals surface area contributed by atoms with E-state index in [0.29, 0.717) is 24.6 Å². The molecule has 0 amide bonds. The summed E-state index contributed by atoms with van der Waals surface area (Å²) < 4.78 is 28.8. The van der Waals surface area contributed by atoms with Gasteiger partial charge in [-0.2, -0.15) is 8.78 Å². The van der Waals surface area contributed by atoms with Crippen molar-refractivity contribution in [1.82, 2.24) is 15.5 Å². The number of rotatable bonds is 11. The Morgan fingerprint density at radius 1 is 1.06 bits per heavy atom. The lowest BCUT2D eigenvalue weighted by Crippen LogP contribution is -2.41. The first kappa shape index (κ1) is 28.1. The van der Waals surface area contributed by atoms with E-state index in [9.17, 15) is 13.9 Å². The van der Waals surface area contributed by atoms with Crippen molar-refractivity contribution in [2.45, 2.75) is 32.1 Å². The number of ether oxygens (including phenoxy) is 1. The summed E-state index contributed by atoms with van der Waals surface area (Å²) >= 11 is 0. The predicted molar refractivity (Wildman–Crippen MR) is 135 cm³/mol. The molecule has 0 aliphatic carbocycles. The number of likely N-dealkylation sites (N-methyl/N-ethyl adjacent to an activating group) is 1. The van der Waals surface area contributed by atoms with E-state index < -0.39 is 12.7 Å². The van der Waals surface area contributed by atoms with Crippen molar-refractivity contribution in [2.75, 3.05) is 33.7 Å². The summed E-state index contributed by atoms with van der Waals surface area (Å²) in [5.41, 5.74) is 1.85. The molecule has 0 spiro atoms. The maximum absolute atomic E-state index is 12.3. The van der Waals surface area contributed by atoms with Crippen molar-refractivity contribution in [3.8, 4) is 5.75 Å². The number of nitrogens with zero attached hydrogens (tertiary/aromatic N) is 2. The van der Waals surface area contributed by atoms with Gasteiger partial charge in [0, 0.05) is 19.1 Å². The quantitative estimate of drug-likeness (QED) is 0.222. The van der Waals surface area contributed by atoms with Gasteiger partial charge in [0.1, 0.15) is 5.75 Å². The molecule has 0 bridgehead atoms. The lowest BCUT2D eigenvalue weighted by atomic mass is 10.1. The first-order valence-electron chi connectivity index (χ1n) is 10.3. The Kier molecular flexibility index (Phi) is 13.1. The molecule has 2 aromatic rings. The van der Waals surface area contributed by atoms with E-state index in [2.05, 4.69) is 37.4 Å². The summed E-state index contributed by atoms with van der Waals surface area (Å²) in [7, 11) is 4.07. The fraction of sp³-hybridized carbons (Fsp3) is 0.435. The van der Waals surface area contributed by atoms with E-state index >= 15 is 0 Å². The SMILES string of the molecule is CCNC(=NCC(Cc1ccccc1)N(C)C)NCC(O)c1ccc(OC(F)F)cc1.I. The number of hydrogen-bond donors (Lipinski definition) is 3. The van der Waals surface area contributed by atoms with Gasteiger partial charge in [0.15, 0.2) is 5.96 Å². The van der Waals surface area contributed by atoms with Crippen molar-refractivity contribution < 1.29 is 18.6 Å². The molecule has 0 aliphatic heterocycles. The third kappa shape index (κ3) is 10.1. The Morgan fingerprint density at radius 2 is 1.72 bits per heavy atom. The molecule has 0 aromatic heterocycles. The van der Waals surface area contributed by atoms with E-state index in [1.54, 1.807) is 12.1 Å². The molecule has 2 unspecified atom stereocenters. The number of aliphatic imine (C=N–C) groups is 1. The summed E-state index contributed by atoms with van der Waals surface area (Å²) in [5.74, 6) is 0.668. The van der Waals surface area contributed by atoms with Crippen LogP contribution in [0.5, 0.6) is 5.75 Å². The van der Waals surface area contributed by atoms with Gasteiger partial charge < -0.3 is 25.4 Å². The van der Waals surface area contributed by atoms with Crippen LogP contribution in [0, 0.1) is 0 Å². The van der Waals surface area contributed by atoms with Crippen molar-refractivity contribution >= 4 is 29.9 Å². The summed E-state index contributed by atoms with van der Waals surface area (Å²) in [6.07, 6.45) is 0.0604. The van der Waals surface area contributed by atoms with E-state index in [-0.39, 0.29) is 42.3 Å². The first-order valence-corrected chi connectivity index (χ1v) is 10.3. The van der Waals surface area contributed by atoms with Gasteiger partial charge in [-0.1, -0.05) is 42.5 Å². The van der Waals surface area contributed by atoms with Crippen molar-refractivity contribution in [2.24, 2.45) is 4.99 Å². The first-order chi connectivity index (χ1) is 14.9. The molecule has 0 aliphatic rings. The van der Waals surface area contributed by atoms with E-state index in [1.807, 2.05) is 39.2 Å². The average molecular weight is 562 g/mol. The van der Waals surface area contributed by atoms with E-state index in [4.69, 9.17) is 0 Å². The number of alkyl halides is 2. The largest absolute Gasteiger partial charge is 0.435 e. The fourth-order valence-electron chi connectivity index (χ4n) is 3.02. The molecule has 0 saturated heterocycles. The van der Waals surface area contributed by atoms with Crippen LogP contribution >= 0.6 is 24.0 Å². The second kappa shape index (κ2) is 15.0. The molecule has 0 heterocycles. The number of benzene rings is 2. The van der Waals surface area contributed by atoms with Gasteiger partial charge in [0.2, 0.25) is 0 Å². The molecule has 32 heavy (non-hydrogen) atoms. The highest BCUT2D eigenvalue weighted by atomic mass is 127. The second-order valence-corrected chi connectivity index (χ2v) is 7.37. The summed E-state index contributed by atoms with van der Waals surface area (Å²) in [6, 6.07) is 16.5. The lowest BCUT2D eigenvalue weighted by molar-refractivity contribution is -0.0498. The zero-order chi connectivity index (χ0) is 22.6. The molecule has 2 rings (SSSR count). The van der Waals surface area contributed by atoms with Crippen LogP contribution in [0.15, 0.2) is 59.6 Å². The number of aliphatic hydroxyl groups is 1. The average Bonchev–Trinajstić information content (AvgIpc) is 2.75.